The highest BCUT2D eigenvalue weighted by molar-refractivity contribution is 7.89. The van der Waals surface area contributed by atoms with Gasteiger partial charge < -0.3 is 9.30 Å². The van der Waals surface area contributed by atoms with Crippen LogP contribution in [0.15, 0.2) is 53.7 Å². The molecule has 10 heteroatoms. The molecule has 9 nitrogen and oxygen atoms in total. The van der Waals surface area contributed by atoms with E-state index < -0.39 is 21.0 Å². The van der Waals surface area contributed by atoms with Crippen molar-refractivity contribution in [3.8, 4) is 5.75 Å². The van der Waals surface area contributed by atoms with Crippen LogP contribution in [0.5, 0.6) is 5.75 Å². The van der Waals surface area contributed by atoms with E-state index in [1.807, 2.05) is 0 Å². The van der Waals surface area contributed by atoms with Gasteiger partial charge in [-0.1, -0.05) is 12.1 Å². The van der Waals surface area contributed by atoms with Crippen molar-refractivity contribution < 1.29 is 18.1 Å². The number of hydrogen-bond donors (Lipinski definition) is 1. The van der Waals surface area contributed by atoms with Crippen LogP contribution in [0, 0.1) is 24.0 Å². The molecule has 0 radical (unpaired) electrons. The normalized spacial score (nSPS) is 12.5. The van der Waals surface area contributed by atoms with E-state index in [9.17, 15) is 18.5 Å². The molecule has 1 aromatic heterocycles. The number of non-ortho nitro benzene ring substituents is 1. The molecule has 0 saturated heterocycles. The quantitative estimate of drug-likeness (QED) is 0.455. The molecule has 1 N–H and O–H groups in total. The molecule has 0 amide bonds. The van der Waals surface area contributed by atoms with Gasteiger partial charge in [-0.05, 0) is 42.7 Å². The summed E-state index contributed by atoms with van der Waals surface area (Å²) in [5.41, 5.74) is 1.33. The van der Waals surface area contributed by atoms with Gasteiger partial charge in [-0.15, -0.1) is 0 Å². The number of benzene rings is 2. The molecule has 2 aromatic carbocycles. The molecule has 3 rings (SSSR count). The van der Waals surface area contributed by atoms with Gasteiger partial charge in [0.05, 0.1) is 16.9 Å². The Morgan fingerprint density at radius 2 is 1.87 bits per heavy atom. The first-order valence-corrected chi connectivity index (χ1v) is 10.5. The standard InChI is InChI=1S/C20H22N4O5S/c1-13-11-16(24(25)26)12-18(14(13)2)30(27,28)22-19(20-21-9-10-23(20)3)15-5-7-17(29-4)8-6-15/h5-12,19,22H,1-4H3. The minimum atomic E-state index is -4.11. The molecule has 30 heavy (non-hydrogen) atoms. The van der Waals surface area contributed by atoms with Crippen molar-refractivity contribution in [3.63, 3.8) is 0 Å². The zero-order valence-corrected chi connectivity index (χ0v) is 17.8. The smallest absolute Gasteiger partial charge is 0.271 e. The molecule has 0 aliphatic rings. The number of hydrogen-bond acceptors (Lipinski definition) is 6. The Morgan fingerprint density at radius 3 is 2.40 bits per heavy atom. The summed E-state index contributed by atoms with van der Waals surface area (Å²) in [4.78, 5) is 14.8. The average Bonchev–Trinajstić information content (AvgIpc) is 3.13. The lowest BCUT2D eigenvalue weighted by atomic mass is 10.1. The van der Waals surface area contributed by atoms with Crippen molar-refractivity contribution in [1.29, 1.82) is 0 Å². The minimum absolute atomic E-state index is 0.137. The van der Waals surface area contributed by atoms with Gasteiger partial charge in [0.2, 0.25) is 10.0 Å². The van der Waals surface area contributed by atoms with Crippen molar-refractivity contribution in [2.75, 3.05) is 7.11 Å². The number of nitro benzene ring substituents is 1. The summed E-state index contributed by atoms with van der Waals surface area (Å²) >= 11 is 0. The van der Waals surface area contributed by atoms with Gasteiger partial charge in [0.1, 0.15) is 17.6 Å². The first-order chi connectivity index (χ1) is 14.1. The van der Waals surface area contributed by atoms with E-state index in [1.54, 1.807) is 69.2 Å². The van der Waals surface area contributed by atoms with Gasteiger partial charge in [0.25, 0.3) is 5.69 Å². The number of rotatable bonds is 7. The number of imidazole rings is 1. The number of methoxy groups -OCH3 is 1. The van der Waals surface area contributed by atoms with Crippen molar-refractivity contribution in [3.05, 3.63) is 81.4 Å². The maximum Gasteiger partial charge on any atom is 0.271 e. The number of nitrogens with one attached hydrogen (secondary N) is 1. The molecule has 0 spiro atoms. The lowest BCUT2D eigenvalue weighted by Gasteiger charge is -2.20. The Labute approximate surface area is 174 Å². The maximum atomic E-state index is 13.3. The zero-order chi connectivity index (χ0) is 22.1. The Kier molecular flexibility index (Phi) is 5.90. The van der Waals surface area contributed by atoms with Crippen molar-refractivity contribution >= 4 is 15.7 Å². The Hall–Kier alpha value is -3.24. The first-order valence-electron chi connectivity index (χ1n) is 9.03. The molecule has 1 unspecified atom stereocenters. The highest BCUT2D eigenvalue weighted by atomic mass is 32.2. The number of aryl methyl sites for hydroxylation is 2. The van der Waals surface area contributed by atoms with Crippen LogP contribution in [0.25, 0.3) is 0 Å². The van der Waals surface area contributed by atoms with Gasteiger partial charge in [0.15, 0.2) is 0 Å². The highest BCUT2D eigenvalue weighted by Gasteiger charge is 2.29. The Morgan fingerprint density at radius 1 is 1.20 bits per heavy atom. The average molecular weight is 430 g/mol. The third-order valence-corrected chi connectivity index (χ3v) is 6.49. The van der Waals surface area contributed by atoms with Gasteiger partial charge in [-0.2, -0.15) is 4.72 Å². The van der Waals surface area contributed by atoms with E-state index in [1.165, 1.54) is 6.07 Å². The molecule has 0 aliphatic carbocycles. The number of nitrogens with zero attached hydrogens (tertiary/aromatic N) is 3. The third-order valence-electron chi connectivity index (χ3n) is 4.94. The van der Waals surface area contributed by atoms with E-state index in [-0.39, 0.29) is 10.6 Å². The van der Waals surface area contributed by atoms with E-state index in [0.717, 1.165) is 6.07 Å². The van der Waals surface area contributed by atoms with Gasteiger partial charge in [0, 0.05) is 31.6 Å². The van der Waals surface area contributed by atoms with Crippen LogP contribution in [0.2, 0.25) is 0 Å². The van der Waals surface area contributed by atoms with Gasteiger partial charge in [-0.25, -0.2) is 13.4 Å². The van der Waals surface area contributed by atoms with Crippen LogP contribution in [0.3, 0.4) is 0 Å². The van der Waals surface area contributed by atoms with Crippen LogP contribution in [-0.2, 0) is 17.1 Å². The molecule has 0 saturated carbocycles. The number of nitro groups is 1. The summed E-state index contributed by atoms with van der Waals surface area (Å²) in [5.74, 6) is 1.11. The van der Waals surface area contributed by atoms with E-state index in [0.29, 0.717) is 28.3 Å². The van der Waals surface area contributed by atoms with E-state index in [2.05, 4.69) is 9.71 Å². The summed E-state index contributed by atoms with van der Waals surface area (Å²) in [6, 6.07) is 8.56. The molecule has 0 fully saturated rings. The fourth-order valence-corrected chi connectivity index (χ4v) is 4.65. The maximum absolute atomic E-state index is 13.3. The van der Waals surface area contributed by atoms with Crippen LogP contribution < -0.4 is 9.46 Å². The van der Waals surface area contributed by atoms with E-state index in [4.69, 9.17) is 4.74 Å². The molecular weight excluding hydrogens is 408 g/mol. The van der Waals surface area contributed by atoms with Gasteiger partial charge >= 0.3 is 0 Å². The first kappa shape index (κ1) is 21.5. The fourth-order valence-electron chi connectivity index (χ4n) is 3.13. The molecule has 0 aliphatic heterocycles. The lowest BCUT2D eigenvalue weighted by Crippen LogP contribution is -2.31. The predicted octanol–water partition coefficient (Wildman–Crippen LogP) is 3.02. The summed E-state index contributed by atoms with van der Waals surface area (Å²) in [7, 11) is -0.811. The molecule has 3 aromatic rings. The number of ether oxygens (including phenoxy) is 1. The van der Waals surface area contributed by atoms with E-state index >= 15 is 0 Å². The highest BCUT2D eigenvalue weighted by Crippen LogP contribution is 2.29. The molecular formula is C20H22N4O5S. The zero-order valence-electron chi connectivity index (χ0n) is 17.0. The topological polar surface area (TPSA) is 116 Å². The number of aromatic nitrogens is 2. The SMILES string of the molecule is COc1ccc(C(NS(=O)(=O)c2cc([N+](=O)[O-])cc(C)c2C)c2nccn2C)cc1. The lowest BCUT2D eigenvalue weighted by molar-refractivity contribution is -0.385. The summed E-state index contributed by atoms with van der Waals surface area (Å²) in [6.07, 6.45) is 3.28. The second-order valence-electron chi connectivity index (χ2n) is 6.87. The van der Waals surface area contributed by atoms with Crippen LogP contribution >= 0.6 is 0 Å². The Balaban J connectivity index is 2.10. The molecule has 158 valence electrons. The van der Waals surface area contributed by atoms with Crippen molar-refractivity contribution in [2.45, 2.75) is 24.8 Å². The minimum Gasteiger partial charge on any atom is -0.497 e. The Bertz CT molecular complexity index is 1190. The van der Waals surface area contributed by atoms with Crippen LogP contribution in [-0.4, -0.2) is 30.0 Å². The monoisotopic (exact) mass is 430 g/mol. The second-order valence-corrected chi connectivity index (χ2v) is 8.55. The molecule has 1 atom stereocenters. The largest absolute Gasteiger partial charge is 0.497 e. The summed E-state index contributed by atoms with van der Waals surface area (Å²) in [6.45, 7) is 3.26. The fraction of sp³-hybridized carbons (Fsp3) is 0.250. The van der Waals surface area contributed by atoms with Crippen molar-refractivity contribution in [1.82, 2.24) is 14.3 Å². The van der Waals surface area contributed by atoms with Crippen LogP contribution in [0.1, 0.15) is 28.6 Å². The van der Waals surface area contributed by atoms with Gasteiger partial charge in [-0.3, -0.25) is 10.1 Å². The summed E-state index contributed by atoms with van der Waals surface area (Å²) < 4.78 is 36.1. The number of sulfonamides is 1. The molecule has 1 heterocycles. The predicted molar refractivity (Wildman–Crippen MR) is 111 cm³/mol. The summed E-state index contributed by atoms with van der Waals surface area (Å²) in [5, 5.41) is 11.2. The second kappa shape index (κ2) is 8.25. The van der Waals surface area contributed by atoms with Crippen molar-refractivity contribution in [2.24, 2.45) is 7.05 Å². The molecule has 0 bridgehead atoms. The third kappa shape index (κ3) is 4.19. The van der Waals surface area contributed by atoms with Crippen LogP contribution in [0.4, 0.5) is 5.69 Å².